The van der Waals surface area contributed by atoms with Crippen molar-refractivity contribution in [3.63, 3.8) is 0 Å². The summed E-state index contributed by atoms with van der Waals surface area (Å²) in [6.45, 7) is 1.84. The molecule has 150 valence electrons. The van der Waals surface area contributed by atoms with Crippen LogP contribution in [0.4, 0.5) is 14.5 Å². The quantitative estimate of drug-likeness (QED) is 0.721. The van der Waals surface area contributed by atoms with Gasteiger partial charge in [0.1, 0.15) is 6.04 Å². The van der Waals surface area contributed by atoms with Gasteiger partial charge in [0.05, 0.1) is 13.2 Å². The number of fused-ring (bicyclic) bond motifs is 2. The summed E-state index contributed by atoms with van der Waals surface area (Å²) in [5, 5.41) is 4.08. The van der Waals surface area contributed by atoms with Crippen LogP contribution >= 0.6 is 0 Å². The summed E-state index contributed by atoms with van der Waals surface area (Å²) in [6, 6.07) is 9.25. The molecular weight excluding hydrogens is 376 g/mol. The third-order valence-electron chi connectivity index (χ3n) is 5.56. The second-order valence-corrected chi connectivity index (χ2v) is 7.22. The Hall–Kier alpha value is -3.22. The van der Waals surface area contributed by atoms with Gasteiger partial charge in [-0.15, -0.1) is 0 Å². The van der Waals surface area contributed by atoms with Crippen LogP contribution in [0.25, 0.3) is 10.8 Å². The number of methoxy groups -OCH3 is 1. The maximum absolute atomic E-state index is 14.0. The van der Waals surface area contributed by atoms with Crippen LogP contribution in [0.15, 0.2) is 42.6 Å². The van der Waals surface area contributed by atoms with Gasteiger partial charge in [-0.3, -0.25) is 4.79 Å². The van der Waals surface area contributed by atoms with Gasteiger partial charge in [-0.05, 0) is 36.1 Å². The third kappa shape index (κ3) is 3.26. The minimum Gasteiger partial charge on any atom is -0.481 e. The molecule has 0 aliphatic carbocycles. The van der Waals surface area contributed by atoms with Crippen molar-refractivity contribution in [2.75, 3.05) is 19.5 Å². The number of nitrogens with one attached hydrogen (secondary N) is 1. The number of anilines is 1. The van der Waals surface area contributed by atoms with Gasteiger partial charge in [0.25, 0.3) is 0 Å². The minimum atomic E-state index is -0.972. The number of amides is 1. The first kappa shape index (κ1) is 19.1. The zero-order valence-corrected chi connectivity index (χ0v) is 16.4. The number of pyridine rings is 1. The number of hydrogen-bond donors (Lipinski definition) is 1. The van der Waals surface area contributed by atoms with Gasteiger partial charge in [0, 0.05) is 36.3 Å². The highest BCUT2D eigenvalue weighted by atomic mass is 19.2. The van der Waals surface area contributed by atoms with E-state index in [2.05, 4.69) is 10.3 Å². The molecule has 0 radical (unpaired) electrons. The van der Waals surface area contributed by atoms with E-state index in [1.165, 1.54) is 7.11 Å². The molecule has 7 heteroatoms. The Morgan fingerprint density at radius 2 is 1.93 bits per heavy atom. The SMILES string of the molecule is COc1ncc(C(C)N(C)C(=O)[C@@H]2Cc3ccccc3N2)c2cc(F)c(F)cc12. The van der Waals surface area contributed by atoms with Gasteiger partial charge < -0.3 is 15.0 Å². The van der Waals surface area contributed by atoms with Crippen molar-refractivity contribution in [2.45, 2.75) is 25.4 Å². The van der Waals surface area contributed by atoms with Crippen LogP contribution in [0, 0.1) is 11.6 Å². The number of ether oxygens (including phenoxy) is 1. The van der Waals surface area contributed by atoms with Gasteiger partial charge in [-0.2, -0.15) is 0 Å². The first-order chi connectivity index (χ1) is 13.9. The molecule has 0 saturated carbocycles. The Kier molecular flexibility index (Phi) is 4.82. The smallest absolute Gasteiger partial charge is 0.245 e. The van der Waals surface area contributed by atoms with Crippen molar-refractivity contribution in [3.05, 3.63) is 65.4 Å². The van der Waals surface area contributed by atoms with Gasteiger partial charge in [-0.25, -0.2) is 13.8 Å². The summed E-state index contributed by atoms with van der Waals surface area (Å²) in [4.78, 5) is 18.9. The first-order valence-corrected chi connectivity index (χ1v) is 9.33. The highest BCUT2D eigenvalue weighted by molar-refractivity contribution is 5.91. The van der Waals surface area contributed by atoms with Crippen molar-refractivity contribution in [3.8, 4) is 5.88 Å². The fraction of sp³-hybridized carbons (Fsp3) is 0.273. The molecular formula is C22H21F2N3O2. The molecule has 1 N–H and O–H groups in total. The lowest BCUT2D eigenvalue weighted by molar-refractivity contribution is -0.132. The zero-order valence-electron chi connectivity index (χ0n) is 16.4. The Morgan fingerprint density at radius 3 is 2.62 bits per heavy atom. The predicted octanol–water partition coefficient (Wildman–Crippen LogP) is 4.08. The van der Waals surface area contributed by atoms with Crippen LogP contribution in [-0.4, -0.2) is 36.0 Å². The number of rotatable bonds is 4. The van der Waals surface area contributed by atoms with E-state index in [9.17, 15) is 13.6 Å². The summed E-state index contributed by atoms with van der Waals surface area (Å²) >= 11 is 0. The summed E-state index contributed by atoms with van der Waals surface area (Å²) in [5.74, 6) is -1.81. The highest BCUT2D eigenvalue weighted by Crippen LogP contribution is 2.34. The van der Waals surface area contributed by atoms with Crippen molar-refractivity contribution in [1.29, 1.82) is 0 Å². The van der Waals surface area contributed by atoms with Gasteiger partial charge >= 0.3 is 0 Å². The van der Waals surface area contributed by atoms with E-state index in [-0.39, 0.29) is 17.8 Å². The monoisotopic (exact) mass is 397 g/mol. The van der Waals surface area contributed by atoms with Gasteiger partial charge in [0.2, 0.25) is 11.8 Å². The van der Waals surface area contributed by atoms with E-state index >= 15 is 0 Å². The molecule has 0 bridgehead atoms. The lowest BCUT2D eigenvalue weighted by Crippen LogP contribution is -2.41. The summed E-state index contributed by atoms with van der Waals surface area (Å²) in [6.07, 6.45) is 2.15. The van der Waals surface area contributed by atoms with Crippen molar-refractivity contribution in [2.24, 2.45) is 0 Å². The second kappa shape index (κ2) is 7.31. The van der Waals surface area contributed by atoms with Crippen LogP contribution in [0.3, 0.4) is 0 Å². The van der Waals surface area contributed by atoms with Crippen LogP contribution in [-0.2, 0) is 11.2 Å². The molecule has 0 spiro atoms. The van der Waals surface area contributed by atoms with E-state index in [4.69, 9.17) is 4.74 Å². The molecule has 1 aliphatic rings. The van der Waals surface area contributed by atoms with Crippen LogP contribution in [0.1, 0.15) is 24.1 Å². The van der Waals surface area contributed by atoms with E-state index in [0.717, 1.165) is 23.4 Å². The number of likely N-dealkylation sites (N-methyl/N-ethyl adjacent to an activating group) is 1. The lowest BCUT2D eigenvalue weighted by Gasteiger charge is -2.29. The molecule has 4 rings (SSSR count). The molecule has 3 aromatic rings. The molecule has 0 fully saturated rings. The number of aromatic nitrogens is 1. The number of benzene rings is 2. The van der Waals surface area contributed by atoms with Crippen LogP contribution < -0.4 is 10.1 Å². The Morgan fingerprint density at radius 1 is 1.24 bits per heavy atom. The molecule has 1 unspecified atom stereocenters. The molecule has 1 aromatic heterocycles. The summed E-state index contributed by atoms with van der Waals surface area (Å²) in [5.41, 5.74) is 2.67. The molecule has 1 aliphatic heterocycles. The molecule has 5 nitrogen and oxygen atoms in total. The van der Waals surface area contributed by atoms with Gasteiger partial charge in [-0.1, -0.05) is 18.2 Å². The standard InChI is InChI=1S/C22H21F2N3O2/c1-12(27(2)22(28)20-8-13-6-4-5-7-19(13)26-20)16-11-25-21(29-3)15-10-18(24)17(23)9-14(15)16/h4-7,9-12,20,26H,8H2,1-3H3/t12?,20-/m0/s1. The van der Waals surface area contributed by atoms with Crippen molar-refractivity contribution in [1.82, 2.24) is 9.88 Å². The minimum absolute atomic E-state index is 0.0831. The molecule has 2 atom stereocenters. The Labute approximate surface area is 167 Å². The number of carbonyl (C=O) groups is 1. The molecule has 2 heterocycles. The molecule has 0 saturated heterocycles. The van der Waals surface area contributed by atoms with Crippen LogP contribution in [0.5, 0.6) is 5.88 Å². The van der Waals surface area contributed by atoms with Crippen molar-refractivity contribution >= 4 is 22.4 Å². The normalized spacial score (nSPS) is 16.2. The molecule has 1 amide bonds. The van der Waals surface area contributed by atoms with Crippen LogP contribution in [0.2, 0.25) is 0 Å². The summed E-state index contributed by atoms with van der Waals surface area (Å²) in [7, 11) is 3.12. The zero-order chi connectivity index (χ0) is 20.7. The number of carbonyl (C=O) groups excluding carboxylic acids is 1. The van der Waals surface area contributed by atoms with E-state index in [1.807, 2.05) is 31.2 Å². The van der Waals surface area contributed by atoms with Crippen molar-refractivity contribution < 1.29 is 18.3 Å². The Balaban J connectivity index is 1.66. The maximum atomic E-state index is 14.0. The molecule has 29 heavy (non-hydrogen) atoms. The van der Waals surface area contributed by atoms with E-state index in [1.54, 1.807) is 18.1 Å². The second-order valence-electron chi connectivity index (χ2n) is 7.22. The maximum Gasteiger partial charge on any atom is 0.245 e. The lowest BCUT2D eigenvalue weighted by atomic mass is 10.00. The largest absolute Gasteiger partial charge is 0.481 e. The Bertz CT molecular complexity index is 1080. The van der Waals surface area contributed by atoms with E-state index < -0.39 is 17.7 Å². The van der Waals surface area contributed by atoms with Gasteiger partial charge in [0.15, 0.2) is 11.6 Å². The third-order valence-corrected chi connectivity index (χ3v) is 5.56. The molecule has 2 aromatic carbocycles. The number of hydrogen-bond acceptors (Lipinski definition) is 4. The topological polar surface area (TPSA) is 54.5 Å². The average molecular weight is 397 g/mol. The first-order valence-electron chi connectivity index (χ1n) is 9.33. The average Bonchev–Trinajstić information content (AvgIpc) is 3.16. The van der Waals surface area contributed by atoms with E-state index in [0.29, 0.717) is 22.8 Å². The fourth-order valence-electron chi connectivity index (χ4n) is 3.82. The number of para-hydroxylation sites is 1. The highest BCUT2D eigenvalue weighted by Gasteiger charge is 2.31. The predicted molar refractivity (Wildman–Crippen MR) is 107 cm³/mol. The summed E-state index contributed by atoms with van der Waals surface area (Å²) < 4.78 is 32.9. The number of halogens is 2. The number of nitrogens with zero attached hydrogens (tertiary/aromatic N) is 2. The fourth-order valence-corrected chi connectivity index (χ4v) is 3.82.